The van der Waals surface area contributed by atoms with Crippen LogP contribution in [0.4, 0.5) is 0 Å². The van der Waals surface area contributed by atoms with Gasteiger partial charge in [-0.25, -0.2) is 13.1 Å². The Balaban J connectivity index is 1.38. The van der Waals surface area contributed by atoms with E-state index in [-0.39, 0.29) is 83.3 Å². The van der Waals surface area contributed by atoms with E-state index in [1.165, 1.54) is 0 Å². The summed E-state index contributed by atoms with van der Waals surface area (Å²) in [5, 5.41) is 26.3. The van der Waals surface area contributed by atoms with Gasteiger partial charge >= 0.3 is 5.97 Å². The summed E-state index contributed by atoms with van der Waals surface area (Å²) < 4.78 is 30.7. The number of hydrogen-bond donors (Lipinski definition) is 4. The second kappa shape index (κ2) is 13.0. The molecule has 10 heteroatoms. The first kappa shape index (κ1) is 33.7. The Morgan fingerprint density at radius 3 is 2.40 bits per heavy atom. The fourth-order valence-electron chi connectivity index (χ4n) is 9.76. The summed E-state index contributed by atoms with van der Waals surface area (Å²) in [6.07, 6.45) is 7.96. The molecule has 4 aliphatic rings. The van der Waals surface area contributed by atoms with E-state index in [1.807, 2.05) is 13.8 Å². The molecule has 0 spiro atoms. The minimum atomic E-state index is -3.28. The van der Waals surface area contributed by atoms with Crippen LogP contribution in [-0.4, -0.2) is 68.2 Å². The van der Waals surface area contributed by atoms with Crippen molar-refractivity contribution in [3.05, 3.63) is 0 Å². The quantitative estimate of drug-likeness (QED) is 0.206. The molecule has 0 saturated heterocycles. The number of sulfonamides is 1. The maximum atomic E-state index is 12.5. The van der Waals surface area contributed by atoms with E-state index < -0.39 is 22.2 Å². The molecule has 4 saturated carbocycles. The van der Waals surface area contributed by atoms with Crippen LogP contribution in [-0.2, 0) is 24.3 Å². The van der Waals surface area contributed by atoms with Gasteiger partial charge in [-0.1, -0.05) is 34.6 Å². The molecule has 9 nitrogen and oxygen atoms in total. The minimum Gasteiger partial charge on any atom is -0.462 e. The van der Waals surface area contributed by atoms with Crippen LogP contribution in [0.1, 0.15) is 98.8 Å². The molecule has 4 rings (SSSR count). The number of fused-ring (bicyclic) bond motifs is 5. The van der Waals surface area contributed by atoms with Crippen molar-refractivity contribution in [2.24, 2.45) is 52.3 Å². The van der Waals surface area contributed by atoms with Crippen molar-refractivity contribution in [1.29, 1.82) is 0 Å². The van der Waals surface area contributed by atoms with Crippen molar-refractivity contribution in [2.45, 2.75) is 117 Å². The van der Waals surface area contributed by atoms with Crippen LogP contribution in [0.25, 0.3) is 0 Å². The van der Waals surface area contributed by atoms with Crippen molar-refractivity contribution in [1.82, 2.24) is 10.0 Å². The number of aliphatic hydroxyl groups is 2. The van der Waals surface area contributed by atoms with Crippen molar-refractivity contribution in [3.8, 4) is 0 Å². The zero-order valence-electron chi connectivity index (χ0n) is 26.6. The van der Waals surface area contributed by atoms with Gasteiger partial charge in [0, 0.05) is 19.5 Å². The van der Waals surface area contributed by atoms with Crippen LogP contribution in [0.5, 0.6) is 0 Å². The highest BCUT2D eigenvalue weighted by molar-refractivity contribution is 7.88. The largest absolute Gasteiger partial charge is 0.462 e. The normalized spacial score (nSPS) is 41.1. The Labute approximate surface area is 253 Å². The number of ether oxygens (including phenoxy) is 1. The summed E-state index contributed by atoms with van der Waals surface area (Å²) in [4.78, 5) is 24.9. The molecule has 42 heavy (non-hydrogen) atoms. The molecule has 0 aromatic carbocycles. The van der Waals surface area contributed by atoms with Gasteiger partial charge in [-0.15, -0.1) is 0 Å². The van der Waals surface area contributed by atoms with Crippen LogP contribution in [0.15, 0.2) is 0 Å². The van der Waals surface area contributed by atoms with E-state index >= 15 is 0 Å². The lowest BCUT2D eigenvalue weighted by Gasteiger charge is -2.63. The van der Waals surface area contributed by atoms with E-state index in [9.17, 15) is 28.2 Å². The summed E-state index contributed by atoms with van der Waals surface area (Å²) >= 11 is 0. The highest BCUT2D eigenvalue weighted by Crippen LogP contribution is 2.68. The van der Waals surface area contributed by atoms with Gasteiger partial charge in [0.2, 0.25) is 15.9 Å². The summed E-state index contributed by atoms with van der Waals surface area (Å²) in [6, 6.07) is 0. The van der Waals surface area contributed by atoms with Crippen molar-refractivity contribution in [2.75, 3.05) is 19.3 Å². The minimum absolute atomic E-state index is 0.0131. The Kier molecular flexibility index (Phi) is 10.4. The van der Waals surface area contributed by atoms with E-state index in [1.54, 1.807) is 0 Å². The molecular formula is C32H56N2O7S. The monoisotopic (exact) mass is 612 g/mol. The smallest absolute Gasteiger partial charge is 0.308 e. The number of carbonyl (C=O) groups excluding carboxylic acids is 2. The van der Waals surface area contributed by atoms with Crippen molar-refractivity contribution in [3.63, 3.8) is 0 Å². The molecule has 0 bridgehead atoms. The van der Waals surface area contributed by atoms with Gasteiger partial charge in [0.25, 0.3) is 0 Å². The van der Waals surface area contributed by atoms with Gasteiger partial charge < -0.3 is 20.3 Å². The second-order valence-corrected chi connectivity index (χ2v) is 16.6. The van der Waals surface area contributed by atoms with Crippen LogP contribution < -0.4 is 10.0 Å². The number of carbonyl (C=O) groups is 2. The highest BCUT2D eigenvalue weighted by atomic mass is 32.2. The lowest BCUT2D eigenvalue weighted by Crippen LogP contribution is -2.62. The number of amides is 1. The molecule has 4 aliphatic carbocycles. The topological polar surface area (TPSA) is 142 Å². The van der Waals surface area contributed by atoms with E-state index in [0.29, 0.717) is 19.3 Å². The summed E-state index contributed by atoms with van der Waals surface area (Å²) in [5.74, 6) is 1.12. The van der Waals surface area contributed by atoms with Gasteiger partial charge in [0.05, 0.1) is 24.4 Å². The first-order valence-corrected chi connectivity index (χ1v) is 18.3. The highest BCUT2D eigenvalue weighted by Gasteiger charge is 2.65. The number of esters is 1. The zero-order chi connectivity index (χ0) is 31.0. The molecule has 4 fully saturated rings. The summed E-state index contributed by atoms with van der Waals surface area (Å²) in [6.45, 7) is 11.1. The zero-order valence-corrected chi connectivity index (χ0v) is 27.4. The first-order chi connectivity index (χ1) is 19.6. The number of nitrogens with one attached hydrogen (secondary N) is 2. The molecule has 12 unspecified atom stereocenters. The molecule has 4 N–H and O–H groups in total. The van der Waals surface area contributed by atoms with Crippen LogP contribution >= 0.6 is 0 Å². The van der Waals surface area contributed by atoms with Crippen LogP contribution in [0.2, 0.25) is 0 Å². The Morgan fingerprint density at radius 2 is 1.74 bits per heavy atom. The molecule has 0 radical (unpaired) electrons. The Morgan fingerprint density at radius 1 is 1.02 bits per heavy atom. The predicted molar refractivity (Wildman–Crippen MR) is 162 cm³/mol. The molecular weight excluding hydrogens is 556 g/mol. The van der Waals surface area contributed by atoms with Crippen LogP contribution in [0.3, 0.4) is 0 Å². The maximum Gasteiger partial charge on any atom is 0.308 e. The average Bonchev–Trinajstić information content (AvgIpc) is 3.28. The molecule has 1 amide bonds. The molecule has 0 aromatic rings. The standard InChI is InChI=1S/C32H56N2O7S/c1-7-19(2)30(38)41-22-12-13-31(4)21(16-22)17-26(35)29-24-10-9-23(32(24,5)27(36)18-25(29)31)20(3)8-11-28(37)33-14-15-34-42(6,39)40/h19-27,29,34-36H,7-18H2,1-6H3,(H,33,37). The summed E-state index contributed by atoms with van der Waals surface area (Å²) in [5.41, 5.74) is -0.289. The third kappa shape index (κ3) is 6.71. The number of rotatable bonds is 11. The Bertz CT molecular complexity index is 1080. The molecule has 12 atom stereocenters. The van der Waals surface area contributed by atoms with Gasteiger partial charge in [-0.2, -0.15) is 0 Å². The van der Waals surface area contributed by atoms with E-state index in [2.05, 4.69) is 30.8 Å². The van der Waals surface area contributed by atoms with Gasteiger partial charge in [0.1, 0.15) is 6.10 Å². The molecule has 0 aromatic heterocycles. The fourth-order valence-corrected chi connectivity index (χ4v) is 10.2. The average molecular weight is 613 g/mol. The first-order valence-electron chi connectivity index (χ1n) is 16.4. The van der Waals surface area contributed by atoms with Gasteiger partial charge in [-0.3, -0.25) is 9.59 Å². The summed E-state index contributed by atoms with van der Waals surface area (Å²) in [7, 11) is -3.28. The third-order valence-electron chi connectivity index (χ3n) is 12.4. The number of aliphatic hydroxyl groups excluding tert-OH is 2. The Hall–Kier alpha value is -1.23. The van der Waals surface area contributed by atoms with Gasteiger partial charge in [0.15, 0.2) is 0 Å². The van der Waals surface area contributed by atoms with Crippen molar-refractivity contribution < 1.29 is 33.0 Å². The molecule has 0 heterocycles. The predicted octanol–water partition coefficient (Wildman–Crippen LogP) is 3.63. The third-order valence-corrected chi connectivity index (χ3v) is 13.2. The molecule has 0 aliphatic heterocycles. The second-order valence-electron chi connectivity index (χ2n) is 14.8. The maximum absolute atomic E-state index is 12.5. The van der Waals surface area contributed by atoms with Crippen LogP contribution in [0, 0.1) is 52.3 Å². The lowest BCUT2D eigenvalue weighted by atomic mass is 9.43. The van der Waals surface area contributed by atoms with Gasteiger partial charge in [-0.05, 0) is 104 Å². The van der Waals surface area contributed by atoms with Crippen molar-refractivity contribution >= 4 is 21.9 Å². The van der Waals surface area contributed by atoms with E-state index in [4.69, 9.17) is 4.74 Å². The fraction of sp³-hybridized carbons (Fsp3) is 0.938. The lowest BCUT2D eigenvalue weighted by molar-refractivity contribution is -0.210. The SMILES string of the molecule is CCC(C)C(=O)OC1CCC2(C)C(C1)CC(O)C1C2CC(O)C2(C)C(C(C)CCC(=O)NCCNS(C)(=O)=O)CCC12. The number of hydrogen-bond acceptors (Lipinski definition) is 7. The molecule has 242 valence electrons. The van der Waals surface area contributed by atoms with E-state index in [0.717, 1.165) is 51.2 Å².